The molecule has 2 aliphatic heterocycles. The van der Waals surface area contributed by atoms with E-state index in [1.807, 2.05) is 60.7 Å². The molecule has 2 fully saturated rings. The Morgan fingerprint density at radius 1 is 0.978 bits per heavy atom. The summed E-state index contributed by atoms with van der Waals surface area (Å²) in [6.45, 7) is 5.25. The summed E-state index contributed by atoms with van der Waals surface area (Å²) in [4.78, 5) is 24.1. The predicted octanol–water partition coefficient (Wildman–Crippen LogP) is 6.32. The average Bonchev–Trinajstić information content (AvgIpc) is 3.39. The van der Waals surface area contributed by atoms with Gasteiger partial charge in [-0.2, -0.15) is 9.97 Å². The lowest BCUT2D eigenvalue weighted by molar-refractivity contribution is 0.118. The molecule has 3 heterocycles. The van der Waals surface area contributed by atoms with Crippen LogP contribution < -0.4 is 20.3 Å². The number of aromatic hydroxyl groups is 1. The number of hydrogen-bond donors (Lipinski definition) is 3. The molecule has 1 aromatic heterocycles. The van der Waals surface area contributed by atoms with Crippen LogP contribution in [0.3, 0.4) is 0 Å². The first-order valence-corrected chi connectivity index (χ1v) is 15.6. The molecule has 2 unspecified atom stereocenters. The van der Waals surface area contributed by atoms with Crippen LogP contribution in [0.4, 0.5) is 15.0 Å². The van der Waals surface area contributed by atoms with Crippen LogP contribution in [0.2, 0.25) is 0 Å². The summed E-state index contributed by atoms with van der Waals surface area (Å²) in [6, 6.07) is 24.5. The number of aromatic nitrogens is 2. The van der Waals surface area contributed by atoms with E-state index in [0.29, 0.717) is 34.4 Å². The molecular weight excluding hydrogens is 585 g/mol. The standard InChI is InChI=1S/C36H36FN5O4/c1-36(2,41-35(44)45-20-22-8-4-3-5-9-22)21-46-34-39-32-29(33(40-34)42-18-24-12-13-25(19-42)38-24)15-14-28(31(32)37)30-17-26(43)16-23-10-6-7-11-27(23)30/h3-11,14-17,24-25,38,43H,12-13,18-21H2,1-2H3,(H,41,44). The minimum atomic E-state index is -0.846. The van der Waals surface area contributed by atoms with Crippen molar-refractivity contribution in [1.82, 2.24) is 20.6 Å². The number of benzene rings is 4. The van der Waals surface area contributed by atoms with Crippen molar-refractivity contribution in [2.75, 3.05) is 24.6 Å². The molecule has 0 spiro atoms. The highest BCUT2D eigenvalue weighted by atomic mass is 19.1. The number of nitrogens with one attached hydrogen (secondary N) is 2. The van der Waals surface area contributed by atoms with E-state index in [1.54, 1.807) is 32.0 Å². The van der Waals surface area contributed by atoms with Gasteiger partial charge in [0, 0.05) is 36.1 Å². The zero-order valence-electron chi connectivity index (χ0n) is 25.8. The predicted molar refractivity (Wildman–Crippen MR) is 176 cm³/mol. The summed E-state index contributed by atoms with van der Waals surface area (Å²) in [5.41, 5.74) is 1.05. The van der Waals surface area contributed by atoms with Gasteiger partial charge in [-0.1, -0.05) is 60.7 Å². The lowest BCUT2D eigenvalue weighted by atomic mass is 9.96. The molecule has 0 saturated carbocycles. The van der Waals surface area contributed by atoms with Crippen molar-refractivity contribution >= 4 is 33.6 Å². The first-order chi connectivity index (χ1) is 22.2. The number of carbonyl (C=O) groups excluding carboxylic acids is 1. The molecule has 236 valence electrons. The van der Waals surface area contributed by atoms with Crippen LogP contribution in [-0.2, 0) is 11.3 Å². The molecule has 1 amide bonds. The molecule has 2 saturated heterocycles. The van der Waals surface area contributed by atoms with Crippen molar-refractivity contribution in [3.8, 4) is 22.9 Å². The Balaban J connectivity index is 1.21. The molecule has 5 aromatic rings. The fourth-order valence-electron chi connectivity index (χ4n) is 6.44. The number of amides is 1. The molecule has 2 atom stereocenters. The average molecular weight is 622 g/mol. The van der Waals surface area contributed by atoms with Gasteiger partial charge in [-0.3, -0.25) is 0 Å². The number of ether oxygens (including phenoxy) is 2. The van der Waals surface area contributed by atoms with Gasteiger partial charge in [-0.25, -0.2) is 9.18 Å². The monoisotopic (exact) mass is 621 g/mol. The van der Waals surface area contributed by atoms with Crippen LogP contribution in [-0.4, -0.2) is 58.5 Å². The van der Waals surface area contributed by atoms with Crippen molar-refractivity contribution in [3.05, 3.63) is 90.2 Å². The van der Waals surface area contributed by atoms with E-state index in [0.717, 1.165) is 42.3 Å². The zero-order chi connectivity index (χ0) is 31.8. The Bertz CT molecular complexity index is 1910. The van der Waals surface area contributed by atoms with Crippen LogP contribution in [0.15, 0.2) is 78.9 Å². The maximum Gasteiger partial charge on any atom is 0.407 e. The van der Waals surface area contributed by atoms with E-state index in [2.05, 4.69) is 20.5 Å². The maximum atomic E-state index is 16.6. The number of piperazine rings is 1. The molecule has 4 aromatic carbocycles. The first-order valence-electron chi connectivity index (χ1n) is 15.6. The van der Waals surface area contributed by atoms with E-state index in [-0.39, 0.29) is 30.5 Å². The number of anilines is 1. The van der Waals surface area contributed by atoms with Crippen LogP contribution in [0.1, 0.15) is 32.3 Å². The number of phenolic OH excluding ortho intramolecular Hbond substituents is 1. The Hall–Kier alpha value is -4.96. The third-order valence-electron chi connectivity index (χ3n) is 8.63. The van der Waals surface area contributed by atoms with E-state index in [9.17, 15) is 9.90 Å². The Morgan fingerprint density at radius 2 is 1.72 bits per heavy atom. The van der Waals surface area contributed by atoms with Gasteiger partial charge in [0.05, 0.1) is 5.54 Å². The summed E-state index contributed by atoms with van der Waals surface area (Å²) >= 11 is 0. The quantitative estimate of drug-likeness (QED) is 0.185. The summed E-state index contributed by atoms with van der Waals surface area (Å²) in [5, 5.41) is 19.1. The highest BCUT2D eigenvalue weighted by Crippen LogP contribution is 2.39. The lowest BCUT2D eigenvalue weighted by Crippen LogP contribution is -2.51. The Morgan fingerprint density at radius 3 is 2.50 bits per heavy atom. The second-order valence-electron chi connectivity index (χ2n) is 12.8. The molecule has 0 radical (unpaired) electrons. The van der Waals surface area contributed by atoms with Crippen molar-refractivity contribution in [2.45, 2.75) is 50.9 Å². The van der Waals surface area contributed by atoms with Crippen LogP contribution in [0.25, 0.3) is 32.8 Å². The second kappa shape index (κ2) is 12.1. The number of carbonyl (C=O) groups is 1. The number of halogens is 1. The van der Waals surface area contributed by atoms with Crippen LogP contribution >= 0.6 is 0 Å². The molecular formula is C36H36FN5O4. The third-order valence-corrected chi connectivity index (χ3v) is 8.63. The minimum Gasteiger partial charge on any atom is -0.508 e. The van der Waals surface area contributed by atoms with Gasteiger partial charge in [0.25, 0.3) is 0 Å². The topological polar surface area (TPSA) is 109 Å². The van der Waals surface area contributed by atoms with Crippen LogP contribution in [0, 0.1) is 5.82 Å². The van der Waals surface area contributed by atoms with Gasteiger partial charge in [0.1, 0.15) is 30.3 Å². The molecule has 2 aliphatic rings. The SMILES string of the molecule is CC(C)(COc1nc(N2CC3CCC(C2)N3)c2ccc(-c3cc(O)cc4ccccc34)c(F)c2n1)NC(=O)OCc1ccccc1. The number of rotatable bonds is 8. The van der Waals surface area contributed by atoms with E-state index < -0.39 is 17.4 Å². The second-order valence-corrected chi connectivity index (χ2v) is 12.8. The number of alkyl carbamates (subject to hydrolysis) is 1. The van der Waals surface area contributed by atoms with E-state index in [4.69, 9.17) is 14.5 Å². The van der Waals surface area contributed by atoms with Crippen molar-refractivity contribution in [3.63, 3.8) is 0 Å². The molecule has 9 nitrogen and oxygen atoms in total. The molecule has 46 heavy (non-hydrogen) atoms. The van der Waals surface area contributed by atoms with Gasteiger partial charge in [0.15, 0.2) is 5.82 Å². The van der Waals surface area contributed by atoms with Gasteiger partial charge >= 0.3 is 12.1 Å². The van der Waals surface area contributed by atoms with Gasteiger partial charge < -0.3 is 30.1 Å². The maximum absolute atomic E-state index is 16.6. The van der Waals surface area contributed by atoms with E-state index in [1.165, 1.54) is 0 Å². The van der Waals surface area contributed by atoms with Gasteiger partial charge in [-0.15, -0.1) is 0 Å². The zero-order valence-corrected chi connectivity index (χ0v) is 25.8. The van der Waals surface area contributed by atoms with E-state index >= 15 is 4.39 Å². The highest BCUT2D eigenvalue weighted by Gasteiger charge is 2.34. The Kier molecular flexibility index (Phi) is 7.82. The van der Waals surface area contributed by atoms with Gasteiger partial charge in [-0.05, 0) is 66.8 Å². The van der Waals surface area contributed by atoms with Crippen molar-refractivity contribution < 1.29 is 23.8 Å². The molecule has 0 aliphatic carbocycles. The number of hydrogen-bond acceptors (Lipinski definition) is 8. The summed E-state index contributed by atoms with van der Waals surface area (Å²) in [5.74, 6) is 0.133. The summed E-state index contributed by atoms with van der Waals surface area (Å²) < 4.78 is 28.1. The largest absolute Gasteiger partial charge is 0.508 e. The lowest BCUT2D eigenvalue weighted by Gasteiger charge is -2.34. The first kappa shape index (κ1) is 29.7. The fourth-order valence-corrected chi connectivity index (χ4v) is 6.44. The van der Waals surface area contributed by atoms with Gasteiger partial charge in [0.2, 0.25) is 0 Å². The van der Waals surface area contributed by atoms with Crippen LogP contribution in [0.5, 0.6) is 11.8 Å². The number of phenols is 1. The molecule has 2 bridgehead atoms. The highest BCUT2D eigenvalue weighted by molar-refractivity contribution is 6.01. The van der Waals surface area contributed by atoms with Crippen molar-refractivity contribution in [2.24, 2.45) is 0 Å². The molecule has 7 rings (SSSR count). The minimum absolute atomic E-state index is 0.0118. The summed E-state index contributed by atoms with van der Waals surface area (Å²) in [7, 11) is 0. The number of nitrogens with zero attached hydrogens (tertiary/aromatic N) is 3. The molecule has 3 N–H and O–H groups in total. The smallest absolute Gasteiger partial charge is 0.407 e. The third kappa shape index (κ3) is 6.12. The summed E-state index contributed by atoms with van der Waals surface area (Å²) in [6.07, 6.45) is 1.58. The van der Waals surface area contributed by atoms with Crippen molar-refractivity contribution in [1.29, 1.82) is 0 Å². The fraction of sp³-hybridized carbons (Fsp3) is 0.306. The molecule has 10 heteroatoms. The Labute approximate surface area is 266 Å². The normalized spacial score (nSPS) is 17.8. The number of fused-ring (bicyclic) bond motifs is 4.